The van der Waals surface area contributed by atoms with Gasteiger partial charge >= 0.3 is 5.97 Å². The number of ether oxygens (including phenoxy) is 1. The van der Waals surface area contributed by atoms with Crippen LogP contribution in [-0.2, 0) is 9.59 Å². The third-order valence-corrected chi connectivity index (χ3v) is 2.93. The Morgan fingerprint density at radius 2 is 2.11 bits per heavy atom. The molecule has 1 aromatic carbocycles. The first-order valence-corrected chi connectivity index (χ1v) is 6.28. The minimum Gasteiger partial charge on any atom is -0.478 e. The van der Waals surface area contributed by atoms with Gasteiger partial charge in [0.05, 0.1) is 12.2 Å². The second kappa shape index (κ2) is 5.30. The van der Waals surface area contributed by atoms with Gasteiger partial charge in [0.1, 0.15) is 5.75 Å². The van der Waals surface area contributed by atoms with Crippen molar-refractivity contribution in [3.05, 3.63) is 24.3 Å². The van der Waals surface area contributed by atoms with Crippen LogP contribution in [0.15, 0.2) is 24.3 Å². The Morgan fingerprint density at radius 1 is 1.42 bits per heavy atom. The minimum absolute atomic E-state index is 0.0535. The van der Waals surface area contributed by atoms with E-state index in [-0.39, 0.29) is 18.4 Å². The first-order valence-electron chi connectivity index (χ1n) is 6.28. The maximum Gasteiger partial charge on any atom is 0.346 e. The Hall–Kier alpha value is -2.04. The Morgan fingerprint density at radius 3 is 2.74 bits per heavy atom. The maximum atomic E-state index is 12.2. The van der Waals surface area contributed by atoms with Gasteiger partial charge in [-0.25, -0.2) is 4.79 Å². The van der Waals surface area contributed by atoms with Crippen molar-refractivity contribution in [3.63, 3.8) is 0 Å². The van der Waals surface area contributed by atoms with Crippen molar-refractivity contribution in [1.29, 1.82) is 0 Å². The number of amides is 1. The zero-order valence-corrected chi connectivity index (χ0v) is 11.0. The number of para-hydroxylation sites is 2. The van der Waals surface area contributed by atoms with Gasteiger partial charge in [0.25, 0.3) is 0 Å². The van der Waals surface area contributed by atoms with E-state index in [0.717, 1.165) is 0 Å². The topological polar surface area (TPSA) is 66.8 Å². The number of carboxylic acids is 1. The Labute approximate surface area is 111 Å². The van der Waals surface area contributed by atoms with Crippen LogP contribution in [0.2, 0.25) is 0 Å². The number of nitrogens with zero attached hydrogens (tertiary/aromatic N) is 1. The number of carboxylic acid groups (broad SMARTS) is 1. The lowest BCUT2D eigenvalue weighted by Gasteiger charge is -2.33. The Balaban J connectivity index is 2.31. The molecule has 0 radical (unpaired) electrons. The van der Waals surface area contributed by atoms with Crippen LogP contribution < -0.4 is 9.64 Å². The number of carbonyl (C=O) groups is 2. The van der Waals surface area contributed by atoms with Crippen LogP contribution in [0.1, 0.15) is 20.3 Å². The highest BCUT2D eigenvalue weighted by Gasteiger charge is 2.33. The maximum absolute atomic E-state index is 12.2. The molecule has 1 atom stereocenters. The molecular weight excluding hydrogens is 246 g/mol. The largest absolute Gasteiger partial charge is 0.478 e. The molecule has 0 fully saturated rings. The number of carbonyl (C=O) groups excluding carboxylic acids is 1. The summed E-state index contributed by atoms with van der Waals surface area (Å²) in [5.41, 5.74) is 0.644. The molecule has 19 heavy (non-hydrogen) atoms. The first-order chi connectivity index (χ1) is 8.99. The lowest BCUT2D eigenvalue weighted by atomic mass is 10.1. The van der Waals surface area contributed by atoms with Crippen molar-refractivity contribution in [2.45, 2.75) is 26.4 Å². The summed E-state index contributed by atoms with van der Waals surface area (Å²) in [6, 6.07) is 7.01. The number of fused-ring (bicyclic) bond motifs is 1. The fourth-order valence-corrected chi connectivity index (χ4v) is 2.06. The molecule has 102 valence electrons. The van der Waals surface area contributed by atoms with Crippen LogP contribution in [0, 0.1) is 5.92 Å². The first kappa shape index (κ1) is 13.4. The second-order valence-electron chi connectivity index (χ2n) is 5.01. The zero-order valence-electron chi connectivity index (χ0n) is 11.0. The fourth-order valence-electron chi connectivity index (χ4n) is 2.06. The van der Waals surface area contributed by atoms with E-state index >= 15 is 0 Å². The van der Waals surface area contributed by atoms with E-state index in [0.29, 0.717) is 17.9 Å². The molecule has 1 amide bonds. The number of aliphatic carboxylic acids is 1. The molecule has 1 aliphatic heterocycles. The number of benzene rings is 1. The summed E-state index contributed by atoms with van der Waals surface area (Å²) in [6.45, 7) is 3.97. The quantitative estimate of drug-likeness (QED) is 0.904. The summed E-state index contributed by atoms with van der Waals surface area (Å²) in [7, 11) is 0. The predicted octanol–water partition coefficient (Wildman–Crippen LogP) is 1.91. The third kappa shape index (κ3) is 2.86. The van der Waals surface area contributed by atoms with Gasteiger partial charge in [0, 0.05) is 6.42 Å². The molecule has 1 N–H and O–H groups in total. The molecule has 1 aromatic rings. The fraction of sp³-hybridized carbons (Fsp3) is 0.429. The highest BCUT2D eigenvalue weighted by atomic mass is 16.5. The van der Waals surface area contributed by atoms with Gasteiger partial charge in [0.2, 0.25) is 12.0 Å². The molecule has 0 saturated carbocycles. The van der Waals surface area contributed by atoms with Crippen molar-refractivity contribution < 1.29 is 19.4 Å². The van der Waals surface area contributed by atoms with Gasteiger partial charge in [-0.3, -0.25) is 4.79 Å². The summed E-state index contributed by atoms with van der Waals surface area (Å²) in [5.74, 6) is -0.460. The van der Waals surface area contributed by atoms with Crippen LogP contribution in [0.5, 0.6) is 5.75 Å². The lowest BCUT2D eigenvalue weighted by Crippen LogP contribution is -2.47. The molecule has 0 aliphatic carbocycles. The molecule has 0 spiro atoms. The molecule has 2 rings (SSSR count). The van der Waals surface area contributed by atoms with Crippen molar-refractivity contribution in [3.8, 4) is 5.75 Å². The van der Waals surface area contributed by atoms with Crippen LogP contribution >= 0.6 is 0 Å². The molecule has 1 aliphatic rings. The molecule has 0 aromatic heterocycles. The van der Waals surface area contributed by atoms with Gasteiger partial charge in [0.15, 0.2) is 0 Å². The van der Waals surface area contributed by atoms with Crippen molar-refractivity contribution in [2.75, 3.05) is 11.4 Å². The number of rotatable bonds is 3. The van der Waals surface area contributed by atoms with Gasteiger partial charge in [-0.2, -0.15) is 0 Å². The molecule has 0 saturated heterocycles. The van der Waals surface area contributed by atoms with E-state index in [1.54, 1.807) is 24.3 Å². The van der Waals surface area contributed by atoms with E-state index in [1.165, 1.54) is 4.90 Å². The van der Waals surface area contributed by atoms with Crippen LogP contribution in [0.25, 0.3) is 0 Å². The summed E-state index contributed by atoms with van der Waals surface area (Å²) >= 11 is 0. The van der Waals surface area contributed by atoms with E-state index < -0.39 is 12.1 Å². The molecule has 5 nitrogen and oxygen atoms in total. The Bertz CT molecular complexity index is 498. The van der Waals surface area contributed by atoms with Crippen LogP contribution in [0.3, 0.4) is 0 Å². The van der Waals surface area contributed by atoms with Crippen LogP contribution in [-0.4, -0.2) is 29.6 Å². The summed E-state index contributed by atoms with van der Waals surface area (Å²) < 4.78 is 5.39. The minimum atomic E-state index is -1.06. The molecular formula is C14H17NO4. The average molecular weight is 263 g/mol. The number of hydrogen-bond donors (Lipinski definition) is 1. The summed E-state index contributed by atoms with van der Waals surface area (Å²) in [6.07, 6.45) is -0.619. The standard InChI is InChI=1S/C14H17NO4/c1-9(2)7-13(16)15-8-12(14(17)18)19-11-6-4-3-5-10(11)15/h3-6,9,12H,7-8H2,1-2H3,(H,17,18). The van der Waals surface area contributed by atoms with Gasteiger partial charge < -0.3 is 14.7 Å². The van der Waals surface area contributed by atoms with Gasteiger partial charge in [-0.1, -0.05) is 26.0 Å². The monoisotopic (exact) mass is 263 g/mol. The van der Waals surface area contributed by atoms with Crippen molar-refractivity contribution in [1.82, 2.24) is 0 Å². The van der Waals surface area contributed by atoms with E-state index in [1.807, 2.05) is 13.8 Å². The molecule has 5 heteroatoms. The molecule has 1 heterocycles. The lowest BCUT2D eigenvalue weighted by molar-refractivity contribution is -0.145. The van der Waals surface area contributed by atoms with E-state index in [4.69, 9.17) is 9.84 Å². The summed E-state index contributed by atoms with van der Waals surface area (Å²) in [4.78, 5) is 24.8. The van der Waals surface area contributed by atoms with Crippen molar-refractivity contribution in [2.24, 2.45) is 5.92 Å². The summed E-state index contributed by atoms with van der Waals surface area (Å²) in [5, 5.41) is 9.08. The molecule has 0 bridgehead atoms. The average Bonchev–Trinajstić information content (AvgIpc) is 2.36. The number of anilines is 1. The SMILES string of the molecule is CC(C)CC(=O)N1CC(C(=O)O)Oc2ccccc21. The zero-order chi connectivity index (χ0) is 14.0. The van der Waals surface area contributed by atoms with E-state index in [9.17, 15) is 9.59 Å². The predicted molar refractivity (Wildman–Crippen MR) is 70.3 cm³/mol. The van der Waals surface area contributed by atoms with Gasteiger partial charge in [-0.05, 0) is 18.1 Å². The second-order valence-corrected chi connectivity index (χ2v) is 5.01. The highest BCUT2D eigenvalue weighted by Crippen LogP contribution is 2.33. The molecule has 1 unspecified atom stereocenters. The smallest absolute Gasteiger partial charge is 0.346 e. The number of hydrogen-bond acceptors (Lipinski definition) is 3. The third-order valence-electron chi connectivity index (χ3n) is 2.93. The normalized spacial score (nSPS) is 17.8. The highest BCUT2D eigenvalue weighted by molar-refractivity contribution is 5.96. The Kier molecular flexibility index (Phi) is 3.74. The van der Waals surface area contributed by atoms with Crippen molar-refractivity contribution >= 4 is 17.6 Å². The van der Waals surface area contributed by atoms with Gasteiger partial charge in [-0.15, -0.1) is 0 Å². The van der Waals surface area contributed by atoms with E-state index in [2.05, 4.69) is 0 Å². The van der Waals surface area contributed by atoms with Crippen LogP contribution in [0.4, 0.5) is 5.69 Å².